The predicted octanol–water partition coefficient (Wildman–Crippen LogP) is 11.5. The molecule has 6 aromatic rings. The Kier molecular flexibility index (Phi) is 19.0. The fourth-order valence-electron chi connectivity index (χ4n) is 11.1. The lowest BCUT2D eigenvalue weighted by Gasteiger charge is -2.34. The summed E-state index contributed by atoms with van der Waals surface area (Å²) in [4.78, 5) is 64.6. The second-order valence-corrected chi connectivity index (χ2v) is 32.4. The smallest absolute Gasteiger partial charge is 0.281 e. The molecular formula is C64H87ClN14O6S2. The number of halogens is 1. The molecule has 5 N–H and O–H groups in total. The highest BCUT2D eigenvalue weighted by atomic mass is 35.5. The first-order chi connectivity index (χ1) is 40.3. The van der Waals surface area contributed by atoms with E-state index in [4.69, 9.17) is 26.6 Å². The van der Waals surface area contributed by atoms with Gasteiger partial charge in [-0.25, -0.2) is 39.3 Å². The number of nitrogens with one attached hydrogen (secondary N) is 5. The van der Waals surface area contributed by atoms with Gasteiger partial charge in [0.05, 0.1) is 29.0 Å². The van der Waals surface area contributed by atoms with Gasteiger partial charge in [-0.3, -0.25) is 19.6 Å². The third-order valence-electron chi connectivity index (χ3n) is 16.1. The van der Waals surface area contributed by atoms with Crippen LogP contribution in [0.4, 0.5) is 17.5 Å². The summed E-state index contributed by atoms with van der Waals surface area (Å²) in [5, 5.41) is 9.79. The van der Waals surface area contributed by atoms with Gasteiger partial charge in [-0.05, 0) is 155 Å². The van der Waals surface area contributed by atoms with Gasteiger partial charge in [0.25, 0.3) is 31.9 Å². The van der Waals surface area contributed by atoms with Crippen LogP contribution in [0.25, 0.3) is 0 Å². The van der Waals surface area contributed by atoms with Crippen molar-refractivity contribution in [2.24, 2.45) is 11.8 Å². The number of anilines is 3. The highest BCUT2D eigenvalue weighted by Gasteiger charge is 2.42. The second-order valence-electron chi connectivity index (χ2n) is 28.7. The van der Waals surface area contributed by atoms with Crippen molar-refractivity contribution < 1.29 is 26.4 Å². The molecule has 468 valence electrons. The van der Waals surface area contributed by atoms with Crippen molar-refractivity contribution in [2.75, 3.05) is 28.6 Å². The van der Waals surface area contributed by atoms with Gasteiger partial charge in [0.15, 0.2) is 10.1 Å². The molecule has 0 aromatic carbocycles. The number of carbonyl (C=O) groups excluding carboxylic acids is 2. The number of carbonyl (C=O) groups is 2. The normalized spacial score (nSPS) is 19.9. The molecule has 20 nitrogen and oxygen atoms in total. The zero-order valence-corrected chi connectivity index (χ0v) is 55.6. The summed E-state index contributed by atoms with van der Waals surface area (Å²) in [6.45, 7) is 35.1. The monoisotopic (exact) mass is 1250 g/mol. The number of pyridine rings is 4. The van der Waals surface area contributed by atoms with Gasteiger partial charge in [-0.2, -0.15) is 16.8 Å². The minimum absolute atomic E-state index is 0.0565. The first-order valence-electron chi connectivity index (χ1n) is 29.8. The topological polar surface area (TPSA) is 269 Å². The van der Waals surface area contributed by atoms with Crippen LogP contribution >= 0.6 is 11.6 Å². The zero-order chi connectivity index (χ0) is 63.9. The molecular weight excluding hydrogens is 1160 g/mol. The van der Waals surface area contributed by atoms with E-state index in [1.165, 1.54) is 30.1 Å². The Morgan fingerprint density at radius 3 is 2.06 bits per heavy atom. The molecule has 2 saturated heterocycles. The predicted molar refractivity (Wildman–Crippen MR) is 341 cm³/mol. The van der Waals surface area contributed by atoms with Crippen LogP contribution < -0.4 is 30.3 Å². The molecule has 0 spiro atoms. The molecule has 0 radical (unpaired) electrons. The van der Waals surface area contributed by atoms with Crippen molar-refractivity contribution in [1.82, 2.24) is 54.6 Å². The summed E-state index contributed by atoms with van der Waals surface area (Å²) in [6.07, 6.45) is 11.7. The van der Waals surface area contributed by atoms with Crippen LogP contribution in [-0.2, 0) is 41.7 Å². The first kappa shape index (κ1) is 66.2. The molecule has 9 rings (SSSR count). The lowest BCUT2D eigenvalue weighted by Crippen LogP contribution is -2.41. The fourth-order valence-corrected chi connectivity index (χ4v) is 13.2. The quantitative estimate of drug-likeness (QED) is 0.0798. The van der Waals surface area contributed by atoms with Crippen LogP contribution in [0.5, 0.6) is 0 Å². The van der Waals surface area contributed by atoms with Gasteiger partial charge in [0.1, 0.15) is 39.8 Å². The third kappa shape index (κ3) is 16.5. The van der Waals surface area contributed by atoms with Crippen LogP contribution in [0, 0.1) is 11.8 Å². The number of hydrogen-bond acceptors (Lipinski definition) is 18. The van der Waals surface area contributed by atoms with Gasteiger partial charge in [-0.15, -0.1) is 0 Å². The molecule has 2 fully saturated rings. The van der Waals surface area contributed by atoms with E-state index in [-0.39, 0.29) is 65.7 Å². The molecule has 0 aliphatic carbocycles. The van der Waals surface area contributed by atoms with Crippen molar-refractivity contribution in [2.45, 2.75) is 204 Å². The zero-order valence-electron chi connectivity index (χ0n) is 53.2. The molecule has 6 aromatic heterocycles. The number of aromatic nitrogens is 8. The average molecular weight is 1250 g/mol. The van der Waals surface area contributed by atoms with Crippen molar-refractivity contribution in [1.29, 1.82) is 0 Å². The van der Waals surface area contributed by atoms with Crippen LogP contribution in [0.3, 0.4) is 0 Å². The highest BCUT2D eigenvalue weighted by molar-refractivity contribution is 7.90. The summed E-state index contributed by atoms with van der Waals surface area (Å²) >= 11 is 6.24. The summed E-state index contributed by atoms with van der Waals surface area (Å²) < 4.78 is 57.7. The van der Waals surface area contributed by atoms with E-state index >= 15 is 0 Å². The van der Waals surface area contributed by atoms with Gasteiger partial charge in [0, 0.05) is 53.2 Å². The molecule has 4 atom stereocenters. The Morgan fingerprint density at radius 2 is 1.41 bits per heavy atom. The maximum absolute atomic E-state index is 13.6. The Bertz CT molecular complexity index is 3740. The Morgan fingerprint density at radius 1 is 0.770 bits per heavy atom. The van der Waals surface area contributed by atoms with Gasteiger partial charge < -0.3 is 20.9 Å². The third-order valence-corrected chi connectivity index (χ3v) is 18.8. The van der Waals surface area contributed by atoms with Crippen LogP contribution in [0.2, 0.25) is 5.15 Å². The van der Waals surface area contributed by atoms with E-state index < -0.39 is 37.3 Å². The largest absolute Gasteiger partial charge is 0.362 e. The summed E-state index contributed by atoms with van der Waals surface area (Å²) in [6, 6.07) is 17.2. The lowest BCUT2D eigenvalue weighted by atomic mass is 9.86. The van der Waals surface area contributed by atoms with Gasteiger partial charge in [0.2, 0.25) is 0 Å². The van der Waals surface area contributed by atoms with Crippen molar-refractivity contribution in [3.8, 4) is 0 Å². The summed E-state index contributed by atoms with van der Waals surface area (Å²) in [5.41, 5.74) is 2.94. The molecule has 3 aliphatic rings. The van der Waals surface area contributed by atoms with Gasteiger partial charge >= 0.3 is 0 Å². The van der Waals surface area contributed by atoms with Crippen molar-refractivity contribution in [3.05, 3.63) is 136 Å². The highest BCUT2D eigenvalue weighted by Crippen LogP contribution is 2.42. The van der Waals surface area contributed by atoms with E-state index in [0.717, 1.165) is 62.0 Å². The molecule has 3 aliphatic heterocycles. The molecule has 23 heteroatoms. The first-order valence-corrected chi connectivity index (χ1v) is 33.1. The van der Waals surface area contributed by atoms with E-state index in [2.05, 4.69) is 137 Å². The molecule has 9 heterocycles. The number of fused-ring (bicyclic) bond motifs is 6. The maximum atomic E-state index is 13.6. The fraction of sp³-hybridized carbons (Fsp3) is 0.531. The summed E-state index contributed by atoms with van der Waals surface area (Å²) in [7, 11) is -8.64. The number of sulfonamides is 2. The molecule has 2 unspecified atom stereocenters. The minimum atomic E-state index is -4.34. The van der Waals surface area contributed by atoms with Crippen molar-refractivity contribution in [3.63, 3.8) is 0 Å². The van der Waals surface area contributed by atoms with Crippen molar-refractivity contribution >= 4 is 60.9 Å². The minimum Gasteiger partial charge on any atom is -0.362 e. The Hall–Kier alpha value is -6.75. The molecule has 4 bridgehead atoms. The summed E-state index contributed by atoms with van der Waals surface area (Å²) in [5.74, 6) is 1.32. The lowest BCUT2D eigenvalue weighted by molar-refractivity contribution is 0.0971. The SMILES string of the molecule is CC(C)(C)c1ccnc(C2CC[C@@H]3CN(c4nc(C(C)(C)C)ncc4C(=O)NS(=O)(=O)c4cccc(n4)N2)C(C)(C)C3)c1.CC1(C)C[C@H](CCC(Nc2cccc(S(=O)(=O)NC(=O)c3cnc(C(C)(C)C)nc3Cl)n2)c2cc(C(C)(C)C)ccn2)CN1. The van der Waals surface area contributed by atoms with Gasteiger partial charge in [-0.1, -0.05) is 107 Å². The number of rotatable bonds is 10. The number of hydrogen-bond donors (Lipinski definition) is 5. The van der Waals surface area contributed by atoms with E-state index in [9.17, 15) is 26.4 Å². The van der Waals surface area contributed by atoms with E-state index in [0.29, 0.717) is 47.5 Å². The standard InChI is InChI=1S/C32H44ClN7O3S.C32H43N7O3S/c1-30(2,3)21-14-15-34-24(16-21)23(13-12-20-17-32(7,8)36-18-20)37-25-10-9-11-26(38-25)44(42,43)40-28(41)22-19-35-29(31(4,5)6)39-27(22)33;1-30(2,3)21-14-15-33-24(16-21)23-13-12-20-17-32(7,8)39(19-20)27-22(18-34-29(37-27)31(4,5)6)28(40)38-43(41,42)26-11-9-10-25(35-23)36-26/h9-11,14-16,19-20,23,36H,12-13,17-18H2,1-8H3,(H,37,38)(H,40,41);9-11,14-16,18,20,23H,12-13,17,19H2,1-8H3,(H,35,36)(H,38,40)/t2*20-,23?/m00/s1. The number of nitrogens with zero attached hydrogens (tertiary/aromatic N) is 9. The average Bonchev–Trinajstić information content (AvgIpc) is 2.20. The molecule has 87 heavy (non-hydrogen) atoms. The van der Waals surface area contributed by atoms with E-state index in [1.807, 2.05) is 66.1 Å². The Balaban J connectivity index is 0.000000226. The van der Waals surface area contributed by atoms with Crippen LogP contribution in [0.1, 0.15) is 216 Å². The molecule has 2 amide bonds. The number of amides is 2. The van der Waals surface area contributed by atoms with E-state index in [1.54, 1.807) is 24.3 Å². The van der Waals surface area contributed by atoms with Crippen LogP contribution in [-0.4, -0.2) is 92.7 Å². The molecule has 0 saturated carbocycles. The van der Waals surface area contributed by atoms with Crippen LogP contribution in [0.15, 0.2) is 95.5 Å². The Labute approximate surface area is 519 Å². The second kappa shape index (κ2) is 25.0. The maximum Gasteiger partial charge on any atom is 0.281 e.